The molecule has 1 aliphatic heterocycles. The molecule has 32 heavy (non-hydrogen) atoms. The number of rotatable bonds is 9. The van der Waals surface area contributed by atoms with Crippen molar-refractivity contribution < 1.29 is 23.7 Å². The van der Waals surface area contributed by atoms with Crippen LogP contribution in [0.4, 0.5) is 0 Å². The molecule has 0 aliphatic carbocycles. The molecule has 0 aromatic heterocycles. The third kappa shape index (κ3) is 5.40. The van der Waals surface area contributed by atoms with E-state index in [4.69, 9.17) is 24.7 Å². The van der Waals surface area contributed by atoms with E-state index in [9.17, 15) is 4.79 Å². The van der Waals surface area contributed by atoms with E-state index in [0.717, 1.165) is 37.9 Å². The summed E-state index contributed by atoms with van der Waals surface area (Å²) >= 11 is 0. The van der Waals surface area contributed by atoms with Crippen LogP contribution in [0.5, 0.6) is 28.7 Å². The highest BCUT2D eigenvalue weighted by Crippen LogP contribution is 2.48. The molecule has 1 heterocycles. The second-order valence-corrected chi connectivity index (χ2v) is 7.62. The molecule has 8 heteroatoms. The molecule has 0 saturated carbocycles. The lowest BCUT2D eigenvalue weighted by molar-refractivity contribution is 0.0782. The van der Waals surface area contributed by atoms with Gasteiger partial charge in [0.2, 0.25) is 11.5 Å². The Labute approximate surface area is 196 Å². The Morgan fingerprint density at radius 2 is 1.72 bits per heavy atom. The predicted octanol–water partition coefficient (Wildman–Crippen LogP) is 4.30. The number of nitrogens with zero attached hydrogens (tertiary/aromatic N) is 1. The van der Waals surface area contributed by atoms with E-state index >= 15 is 0 Å². The van der Waals surface area contributed by atoms with Gasteiger partial charge in [-0.3, -0.25) is 4.79 Å². The summed E-state index contributed by atoms with van der Waals surface area (Å²) in [4.78, 5) is 15.2. The Balaban J connectivity index is 0.00000363. The van der Waals surface area contributed by atoms with Crippen LogP contribution in [0.25, 0.3) is 0 Å². The zero-order valence-electron chi connectivity index (χ0n) is 19.2. The van der Waals surface area contributed by atoms with Gasteiger partial charge in [-0.1, -0.05) is 25.5 Å². The van der Waals surface area contributed by atoms with E-state index in [1.54, 1.807) is 6.07 Å². The largest absolute Gasteiger partial charge is 0.492 e. The molecule has 2 aromatic carbocycles. The van der Waals surface area contributed by atoms with Gasteiger partial charge >= 0.3 is 0 Å². The van der Waals surface area contributed by atoms with Gasteiger partial charge in [-0.05, 0) is 43.0 Å². The highest BCUT2D eigenvalue weighted by molar-refractivity contribution is 5.99. The molecule has 2 N–H and O–H groups in total. The number of halogens is 1. The lowest BCUT2D eigenvalue weighted by atomic mass is 10.1. The molecule has 1 unspecified atom stereocenters. The van der Waals surface area contributed by atoms with Gasteiger partial charge in [0, 0.05) is 19.2 Å². The predicted molar refractivity (Wildman–Crippen MR) is 127 cm³/mol. The van der Waals surface area contributed by atoms with Gasteiger partial charge in [0.1, 0.15) is 5.75 Å². The second-order valence-electron chi connectivity index (χ2n) is 7.62. The smallest absolute Gasteiger partial charge is 0.257 e. The van der Waals surface area contributed by atoms with Crippen LogP contribution >= 0.6 is 12.4 Å². The average molecular weight is 465 g/mol. The number of carbonyl (C=O) groups is 1. The van der Waals surface area contributed by atoms with E-state index in [1.807, 2.05) is 29.2 Å². The van der Waals surface area contributed by atoms with Crippen LogP contribution in [-0.4, -0.2) is 51.8 Å². The van der Waals surface area contributed by atoms with Crippen molar-refractivity contribution in [2.75, 3.05) is 41.0 Å². The summed E-state index contributed by atoms with van der Waals surface area (Å²) in [6.07, 6.45) is 2.87. The molecule has 1 amide bonds. The molecular weight excluding hydrogens is 432 g/mol. The van der Waals surface area contributed by atoms with Crippen molar-refractivity contribution in [3.8, 4) is 28.7 Å². The summed E-state index contributed by atoms with van der Waals surface area (Å²) in [5.41, 5.74) is 7.15. The molecule has 3 rings (SSSR count). The van der Waals surface area contributed by atoms with Crippen LogP contribution in [0.15, 0.2) is 30.3 Å². The maximum Gasteiger partial charge on any atom is 0.257 e. The van der Waals surface area contributed by atoms with Crippen LogP contribution in [0.2, 0.25) is 0 Å². The SMILES string of the molecule is CCC1CCN(C(=O)c2cc(Oc3ccc(CCN)cc3)c(OC)c(OC)c2OC)C1.Cl. The molecule has 1 fully saturated rings. The highest BCUT2D eigenvalue weighted by Gasteiger charge is 2.31. The minimum absolute atomic E-state index is 0. The number of likely N-dealkylation sites (tertiary alicyclic amines) is 1. The standard InChI is InChI=1S/C24H32N2O5.ClH/c1-5-16-11-13-26(15-16)24(27)19-14-20(22(29-3)23(30-4)21(19)28-2)31-18-8-6-17(7-9-18)10-12-25;/h6-9,14,16H,5,10-13,15,25H2,1-4H3;1H. The normalized spacial score (nSPS) is 15.2. The molecular formula is C24H33ClN2O5. The molecule has 2 aromatic rings. The minimum Gasteiger partial charge on any atom is -0.492 e. The van der Waals surface area contributed by atoms with Crippen LogP contribution in [0, 0.1) is 5.92 Å². The van der Waals surface area contributed by atoms with Gasteiger partial charge in [-0.15, -0.1) is 12.4 Å². The zero-order chi connectivity index (χ0) is 22.4. The number of hydrogen-bond donors (Lipinski definition) is 1. The number of benzene rings is 2. The zero-order valence-corrected chi connectivity index (χ0v) is 20.0. The number of ether oxygens (including phenoxy) is 4. The number of methoxy groups -OCH3 is 3. The van der Waals surface area contributed by atoms with Gasteiger partial charge in [0.25, 0.3) is 5.91 Å². The van der Waals surface area contributed by atoms with E-state index in [2.05, 4.69) is 6.92 Å². The van der Waals surface area contributed by atoms with Gasteiger partial charge in [-0.25, -0.2) is 0 Å². The third-order valence-corrected chi connectivity index (χ3v) is 5.73. The van der Waals surface area contributed by atoms with Crippen LogP contribution in [0.1, 0.15) is 35.7 Å². The Morgan fingerprint density at radius 1 is 1.06 bits per heavy atom. The average Bonchev–Trinajstić information content (AvgIpc) is 3.28. The molecule has 0 spiro atoms. The van der Waals surface area contributed by atoms with Crippen molar-refractivity contribution >= 4 is 18.3 Å². The summed E-state index contributed by atoms with van der Waals surface area (Å²) in [7, 11) is 4.56. The topological polar surface area (TPSA) is 83.3 Å². The van der Waals surface area contributed by atoms with Crippen LogP contribution in [-0.2, 0) is 6.42 Å². The first-order chi connectivity index (χ1) is 15.1. The summed E-state index contributed by atoms with van der Waals surface area (Å²) in [6.45, 7) is 4.21. The number of hydrogen-bond acceptors (Lipinski definition) is 6. The highest BCUT2D eigenvalue weighted by atomic mass is 35.5. The maximum absolute atomic E-state index is 13.4. The fourth-order valence-electron chi connectivity index (χ4n) is 3.95. The van der Waals surface area contributed by atoms with E-state index in [1.165, 1.54) is 21.3 Å². The first kappa shape index (κ1) is 25.6. The summed E-state index contributed by atoms with van der Waals surface area (Å²) in [6, 6.07) is 9.35. The van der Waals surface area contributed by atoms with E-state index in [-0.39, 0.29) is 18.3 Å². The number of amides is 1. The third-order valence-electron chi connectivity index (χ3n) is 5.73. The first-order valence-electron chi connectivity index (χ1n) is 10.6. The fourth-order valence-corrected chi connectivity index (χ4v) is 3.95. The van der Waals surface area contributed by atoms with Crippen molar-refractivity contribution in [3.05, 3.63) is 41.5 Å². The Kier molecular flexibility index (Phi) is 9.47. The molecule has 1 saturated heterocycles. The summed E-state index contributed by atoms with van der Waals surface area (Å²) in [5.74, 6) is 2.48. The van der Waals surface area contributed by atoms with Crippen molar-refractivity contribution in [2.45, 2.75) is 26.2 Å². The second kappa shape index (κ2) is 11.8. The summed E-state index contributed by atoms with van der Waals surface area (Å²) < 4.78 is 22.8. The van der Waals surface area contributed by atoms with Crippen molar-refractivity contribution in [2.24, 2.45) is 11.7 Å². The maximum atomic E-state index is 13.4. The van der Waals surface area contributed by atoms with E-state index in [0.29, 0.717) is 46.8 Å². The summed E-state index contributed by atoms with van der Waals surface area (Å²) in [5, 5.41) is 0. The lowest BCUT2D eigenvalue weighted by Crippen LogP contribution is -2.29. The molecule has 7 nitrogen and oxygen atoms in total. The van der Waals surface area contributed by atoms with Crippen molar-refractivity contribution in [1.29, 1.82) is 0 Å². The minimum atomic E-state index is -0.100. The Bertz CT molecular complexity index is 904. The molecule has 0 bridgehead atoms. The Morgan fingerprint density at radius 3 is 2.25 bits per heavy atom. The fraction of sp³-hybridized carbons (Fsp3) is 0.458. The quantitative estimate of drug-likeness (QED) is 0.595. The van der Waals surface area contributed by atoms with Gasteiger partial charge in [-0.2, -0.15) is 0 Å². The van der Waals surface area contributed by atoms with Gasteiger partial charge < -0.3 is 29.6 Å². The van der Waals surface area contributed by atoms with E-state index < -0.39 is 0 Å². The van der Waals surface area contributed by atoms with Crippen molar-refractivity contribution in [1.82, 2.24) is 4.90 Å². The van der Waals surface area contributed by atoms with Crippen LogP contribution in [0.3, 0.4) is 0 Å². The molecule has 1 aliphatic rings. The number of carbonyl (C=O) groups excluding carboxylic acids is 1. The molecule has 176 valence electrons. The lowest BCUT2D eigenvalue weighted by Gasteiger charge is -2.22. The molecule has 0 radical (unpaired) electrons. The van der Waals surface area contributed by atoms with Crippen molar-refractivity contribution in [3.63, 3.8) is 0 Å². The van der Waals surface area contributed by atoms with Gasteiger partial charge in [0.15, 0.2) is 11.5 Å². The first-order valence-corrected chi connectivity index (χ1v) is 10.6. The Hall–Kier alpha value is -2.64. The molecule has 1 atom stereocenters. The number of nitrogens with two attached hydrogens (primary N) is 1. The monoisotopic (exact) mass is 464 g/mol. The van der Waals surface area contributed by atoms with Crippen LogP contribution < -0.4 is 24.7 Å². The van der Waals surface area contributed by atoms with Gasteiger partial charge in [0.05, 0.1) is 26.9 Å².